The zero-order valence-corrected chi connectivity index (χ0v) is 12.3. The summed E-state index contributed by atoms with van der Waals surface area (Å²) >= 11 is 0. The van der Waals surface area contributed by atoms with Crippen molar-refractivity contribution in [3.05, 3.63) is 24.3 Å². The topological polar surface area (TPSA) is 64.3 Å². The van der Waals surface area contributed by atoms with Gasteiger partial charge in [-0.2, -0.15) is 0 Å². The number of nitrogens with one attached hydrogen (secondary N) is 1. The van der Waals surface area contributed by atoms with Crippen LogP contribution in [0.3, 0.4) is 0 Å². The number of carbonyl (C=O) groups excluding carboxylic acids is 1. The second kappa shape index (κ2) is 6.16. The Morgan fingerprint density at radius 1 is 1.35 bits per heavy atom. The lowest BCUT2D eigenvalue weighted by Crippen LogP contribution is -2.48. The van der Waals surface area contributed by atoms with Gasteiger partial charge in [0.2, 0.25) is 0 Å². The maximum Gasteiger partial charge on any atom is 0.258 e. The van der Waals surface area contributed by atoms with Crippen LogP contribution < -0.4 is 15.8 Å². The van der Waals surface area contributed by atoms with Crippen LogP contribution in [0.1, 0.15) is 39.5 Å². The number of nitrogens with two attached hydrogens (primary N) is 1. The molecule has 0 bridgehead atoms. The molecule has 0 spiro atoms. The molecule has 1 unspecified atom stereocenters. The Morgan fingerprint density at radius 2 is 2.05 bits per heavy atom. The molecular weight excluding hydrogens is 252 g/mol. The summed E-state index contributed by atoms with van der Waals surface area (Å²) in [7, 11) is 0. The van der Waals surface area contributed by atoms with E-state index in [1.807, 2.05) is 0 Å². The zero-order chi connectivity index (χ0) is 14.6. The molecule has 1 aliphatic rings. The van der Waals surface area contributed by atoms with Gasteiger partial charge in [-0.3, -0.25) is 4.79 Å². The Hall–Kier alpha value is -1.71. The third kappa shape index (κ3) is 3.89. The highest BCUT2D eigenvalue weighted by atomic mass is 16.5. The van der Waals surface area contributed by atoms with Crippen molar-refractivity contribution in [3.8, 4) is 5.75 Å². The van der Waals surface area contributed by atoms with Crippen molar-refractivity contribution in [3.63, 3.8) is 0 Å². The van der Waals surface area contributed by atoms with E-state index < -0.39 is 0 Å². The smallest absolute Gasteiger partial charge is 0.258 e. The summed E-state index contributed by atoms with van der Waals surface area (Å²) in [5.41, 5.74) is 6.46. The van der Waals surface area contributed by atoms with Crippen molar-refractivity contribution in [2.45, 2.75) is 45.6 Å². The molecule has 3 N–H and O–H groups in total. The first-order valence-electron chi connectivity index (χ1n) is 7.25. The average Bonchev–Trinajstić information content (AvgIpc) is 2.40. The number of anilines is 1. The molecule has 110 valence electrons. The van der Waals surface area contributed by atoms with Gasteiger partial charge in [-0.15, -0.1) is 0 Å². The predicted molar refractivity (Wildman–Crippen MR) is 80.5 cm³/mol. The van der Waals surface area contributed by atoms with Crippen LogP contribution in [0.25, 0.3) is 0 Å². The lowest BCUT2D eigenvalue weighted by molar-refractivity contribution is -0.125. The SMILES string of the molecule is CC1(C)CCCCC1NC(=O)COc1ccc(N)cc1. The first-order chi connectivity index (χ1) is 9.47. The molecule has 2 rings (SSSR count). The average molecular weight is 276 g/mol. The molecule has 0 saturated heterocycles. The van der Waals surface area contributed by atoms with Gasteiger partial charge in [0.15, 0.2) is 6.61 Å². The van der Waals surface area contributed by atoms with E-state index in [0.717, 1.165) is 12.8 Å². The van der Waals surface area contributed by atoms with Crippen LogP contribution in [-0.2, 0) is 4.79 Å². The summed E-state index contributed by atoms with van der Waals surface area (Å²) in [6, 6.07) is 7.31. The van der Waals surface area contributed by atoms with E-state index in [-0.39, 0.29) is 24.0 Å². The molecule has 0 heterocycles. The van der Waals surface area contributed by atoms with E-state index in [1.165, 1.54) is 12.8 Å². The highest BCUT2D eigenvalue weighted by Crippen LogP contribution is 2.35. The van der Waals surface area contributed by atoms with Gasteiger partial charge in [-0.25, -0.2) is 0 Å². The number of rotatable bonds is 4. The highest BCUT2D eigenvalue weighted by Gasteiger charge is 2.33. The van der Waals surface area contributed by atoms with Crippen LogP contribution in [0.4, 0.5) is 5.69 Å². The van der Waals surface area contributed by atoms with E-state index in [4.69, 9.17) is 10.5 Å². The van der Waals surface area contributed by atoms with Gasteiger partial charge in [-0.1, -0.05) is 26.7 Å². The summed E-state index contributed by atoms with van der Waals surface area (Å²) in [6.07, 6.45) is 4.66. The third-order valence-corrected chi connectivity index (χ3v) is 4.09. The van der Waals surface area contributed by atoms with Gasteiger partial charge in [-0.05, 0) is 42.5 Å². The number of nitrogen functional groups attached to an aromatic ring is 1. The van der Waals surface area contributed by atoms with Crippen molar-refractivity contribution >= 4 is 11.6 Å². The van der Waals surface area contributed by atoms with Gasteiger partial charge >= 0.3 is 0 Å². The van der Waals surface area contributed by atoms with Gasteiger partial charge < -0.3 is 15.8 Å². The van der Waals surface area contributed by atoms with E-state index in [0.29, 0.717) is 11.4 Å². The Bertz CT molecular complexity index is 454. The van der Waals surface area contributed by atoms with Crippen molar-refractivity contribution in [2.75, 3.05) is 12.3 Å². The Labute approximate surface area is 120 Å². The molecule has 4 nitrogen and oxygen atoms in total. The molecule has 1 fully saturated rings. The van der Waals surface area contributed by atoms with Crippen molar-refractivity contribution < 1.29 is 9.53 Å². The van der Waals surface area contributed by atoms with Crippen LogP contribution in [0.2, 0.25) is 0 Å². The Kier molecular flexibility index (Phi) is 4.53. The summed E-state index contributed by atoms with van der Waals surface area (Å²) < 4.78 is 5.46. The summed E-state index contributed by atoms with van der Waals surface area (Å²) in [5.74, 6) is 0.610. The molecule has 1 aliphatic carbocycles. The second-order valence-corrected chi connectivity index (χ2v) is 6.21. The standard InChI is InChI=1S/C16H24N2O2/c1-16(2)10-4-3-5-14(16)18-15(19)11-20-13-8-6-12(17)7-9-13/h6-9,14H,3-5,10-11,17H2,1-2H3,(H,18,19). The summed E-state index contributed by atoms with van der Waals surface area (Å²) in [5, 5.41) is 3.10. The predicted octanol–water partition coefficient (Wildman–Crippen LogP) is 2.73. The molecule has 0 radical (unpaired) electrons. The van der Waals surface area contributed by atoms with E-state index in [1.54, 1.807) is 24.3 Å². The molecule has 1 amide bonds. The number of hydrogen-bond donors (Lipinski definition) is 2. The normalized spacial score (nSPS) is 21.2. The fourth-order valence-electron chi connectivity index (χ4n) is 2.71. The second-order valence-electron chi connectivity index (χ2n) is 6.21. The lowest BCUT2D eigenvalue weighted by atomic mass is 9.73. The molecule has 0 aromatic heterocycles. The molecule has 20 heavy (non-hydrogen) atoms. The summed E-state index contributed by atoms with van der Waals surface area (Å²) in [4.78, 5) is 12.0. The van der Waals surface area contributed by atoms with E-state index >= 15 is 0 Å². The van der Waals surface area contributed by atoms with Crippen LogP contribution in [-0.4, -0.2) is 18.6 Å². The van der Waals surface area contributed by atoms with E-state index in [9.17, 15) is 4.79 Å². The molecular formula is C16H24N2O2. The molecule has 0 aliphatic heterocycles. The van der Waals surface area contributed by atoms with Gasteiger partial charge in [0, 0.05) is 11.7 Å². The quantitative estimate of drug-likeness (QED) is 0.831. The zero-order valence-electron chi connectivity index (χ0n) is 12.3. The highest BCUT2D eigenvalue weighted by molar-refractivity contribution is 5.78. The number of ether oxygens (including phenoxy) is 1. The Balaban J connectivity index is 1.81. The number of amides is 1. The largest absolute Gasteiger partial charge is 0.484 e. The Morgan fingerprint density at radius 3 is 2.70 bits per heavy atom. The minimum Gasteiger partial charge on any atom is -0.484 e. The molecule has 1 saturated carbocycles. The van der Waals surface area contributed by atoms with Gasteiger partial charge in [0.1, 0.15) is 5.75 Å². The summed E-state index contributed by atoms with van der Waals surface area (Å²) in [6.45, 7) is 4.49. The first kappa shape index (κ1) is 14.7. The number of benzene rings is 1. The third-order valence-electron chi connectivity index (χ3n) is 4.09. The minimum absolute atomic E-state index is 0.0521. The molecule has 1 atom stereocenters. The van der Waals surface area contributed by atoms with Crippen molar-refractivity contribution in [2.24, 2.45) is 5.41 Å². The maximum absolute atomic E-state index is 12.0. The van der Waals surface area contributed by atoms with Crippen LogP contribution in [0.15, 0.2) is 24.3 Å². The number of carbonyl (C=O) groups is 1. The maximum atomic E-state index is 12.0. The van der Waals surface area contributed by atoms with Gasteiger partial charge in [0.05, 0.1) is 0 Å². The first-order valence-corrected chi connectivity index (χ1v) is 7.25. The molecule has 4 heteroatoms. The molecule has 1 aromatic rings. The number of hydrogen-bond acceptors (Lipinski definition) is 3. The lowest BCUT2D eigenvalue weighted by Gasteiger charge is -2.39. The van der Waals surface area contributed by atoms with Gasteiger partial charge in [0.25, 0.3) is 5.91 Å². The fraction of sp³-hybridized carbons (Fsp3) is 0.562. The van der Waals surface area contributed by atoms with Crippen LogP contribution in [0.5, 0.6) is 5.75 Å². The van der Waals surface area contributed by atoms with E-state index in [2.05, 4.69) is 19.2 Å². The minimum atomic E-state index is -0.0539. The fourth-order valence-corrected chi connectivity index (χ4v) is 2.71. The van der Waals surface area contributed by atoms with Crippen LogP contribution in [0, 0.1) is 5.41 Å². The monoisotopic (exact) mass is 276 g/mol. The molecule has 1 aromatic carbocycles. The van der Waals surface area contributed by atoms with Crippen molar-refractivity contribution in [1.82, 2.24) is 5.32 Å². The van der Waals surface area contributed by atoms with Crippen LogP contribution >= 0.6 is 0 Å². The van der Waals surface area contributed by atoms with Crippen molar-refractivity contribution in [1.29, 1.82) is 0 Å².